The number of hydrogen-bond acceptors (Lipinski definition) is 2. The van der Waals surface area contributed by atoms with Crippen molar-refractivity contribution >= 4 is 21.6 Å². The van der Waals surface area contributed by atoms with Crippen molar-refractivity contribution in [3.63, 3.8) is 0 Å². The molecule has 0 fully saturated rings. The molecule has 0 radical (unpaired) electrons. The monoisotopic (exact) mass is 287 g/mol. The molecule has 0 aliphatic rings. The topological polar surface area (TPSA) is 43.8 Å². The molecule has 1 aromatic heterocycles. The highest BCUT2D eigenvalue weighted by Crippen LogP contribution is 2.24. The van der Waals surface area contributed by atoms with E-state index in [1.165, 1.54) is 10.9 Å². The summed E-state index contributed by atoms with van der Waals surface area (Å²) in [4.78, 5) is 0. The van der Waals surface area contributed by atoms with Crippen LogP contribution in [0.25, 0.3) is 5.69 Å². The SMILES string of the molecule is Nc1cn(-c2ccc(Br)cc2)nc1C(F)F. The number of aromatic nitrogens is 2. The minimum atomic E-state index is -2.66. The maximum atomic E-state index is 12.5. The van der Waals surface area contributed by atoms with Crippen molar-refractivity contribution in [3.05, 3.63) is 40.6 Å². The minimum absolute atomic E-state index is 0.00193. The number of hydrogen-bond donors (Lipinski definition) is 1. The van der Waals surface area contributed by atoms with Crippen LogP contribution in [0.3, 0.4) is 0 Å². The fourth-order valence-corrected chi connectivity index (χ4v) is 1.56. The van der Waals surface area contributed by atoms with E-state index in [1.807, 2.05) is 0 Å². The number of nitrogens with zero attached hydrogens (tertiary/aromatic N) is 2. The van der Waals surface area contributed by atoms with Crippen LogP contribution in [0, 0.1) is 0 Å². The van der Waals surface area contributed by atoms with Gasteiger partial charge >= 0.3 is 0 Å². The van der Waals surface area contributed by atoms with Gasteiger partial charge in [0.2, 0.25) is 0 Å². The highest BCUT2D eigenvalue weighted by atomic mass is 79.9. The maximum Gasteiger partial charge on any atom is 0.284 e. The average molecular weight is 288 g/mol. The van der Waals surface area contributed by atoms with E-state index in [0.717, 1.165) is 4.47 Å². The minimum Gasteiger partial charge on any atom is -0.396 e. The molecule has 2 N–H and O–H groups in total. The van der Waals surface area contributed by atoms with E-state index >= 15 is 0 Å². The van der Waals surface area contributed by atoms with Gasteiger partial charge in [-0.15, -0.1) is 0 Å². The standard InChI is InChI=1S/C10H8BrF2N3/c11-6-1-3-7(4-2-6)16-5-8(14)9(15-16)10(12)13/h1-5,10H,14H2. The normalized spacial score (nSPS) is 11.0. The number of alkyl halides is 2. The summed E-state index contributed by atoms with van der Waals surface area (Å²) in [6.07, 6.45) is -1.28. The Labute approximate surface area is 99.0 Å². The van der Waals surface area contributed by atoms with E-state index in [1.54, 1.807) is 24.3 Å². The molecule has 0 aliphatic heterocycles. The van der Waals surface area contributed by atoms with Crippen LogP contribution < -0.4 is 5.73 Å². The third-order valence-corrected chi connectivity index (χ3v) is 2.60. The number of rotatable bonds is 2. The van der Waals surface area contributed by atoms with Gasteiger partial charge < -0.3 is 5.73 Å². The zero-order valence-electron chi connectivity index (χ0n) is 8.07. The second-order valence-electron chi connectivity index (χ2n) is 3.19. The van der Waals surface area contributed by atoms with Crippen molar-refractivity contribution < 1.29 is 8.78 Å². The molecular formula is C10H8BrF2N3. The van der Waals surface area contributed by atoms with E-state index in [4.69, 9.17) is 5.73 Å². The molecule has 2 rings (SSSR count). The van der Waals surface area contributed by atoms with Crippen LogP contribution in [0.2, 0.25) is 0 Å². The van der Waals surface area contributed by atoms with Crippen molar-refractivity contribution in [3.8, 4) is 5.69 Å². The molecule has 0 bridgehead atoms. The highest BCUT2D eigenvalue weighted by Gasteiger charge is 2.16. The van der Waals surface area contributed by atoms with Crippen LogP contribution in [0.5, 0.6) is 0 Å². The van der Waals surface area contributed by atoms with Crippen molar-refractivity contribution in [1.82, 2.24) is 9.78 Å². The summed E-state index contributed by atoms with van der Waals surface area (Å²) >= 11 is 3.29. The van der Waals surface area contributed by atoms with Crippen LogP contribution in [-0.4, -0.2) is 9.78 Å². The molecule has 0 saturated heterocycles. The number of nitrogen functional groups attached to an aromatic ring is 1. The Morgan fingerprint density at radius 2 is 1.88 bits per heavy atom. The molecule has 0 spiro atoms. The Morgan fingerprint density at radius 1 is 1.25 bits per heavy atom. The van der Waals surface area contributed by atoms with Gasteiger partial charge in [-0.05, 0) is 24.3 Å². The molecule has 2 aromatic rings. The lowest BCUT2D eigenvalue weighted by Gasteiger charge is -2.00. The first-order chi connectivity index (χ1) is 7.58. The fourth-order valence-electron chi connectivity index (χ4n) is 1.30. The summed E-state index contributed by atoms with van der Waals surface area (Å²) in [6.45, 7) is 0. The predicted molar refractivity (Wildman–Crippen MR) is 60.6 cm³/mol. The number of benzene rings is 1. The quantitative estimate of drug-likeness (QED) is 0.922. The first kappa shape index (κ1) is 11.1. The van der Waals surface area contributed by atoms with Crippen LogP contribution in [0.15, 0.2) is 34.9 Å². The molecule has 3 nitrogen and oxygen atoms in total. The van der Waals surface area contributed by atoms with E-state index < -0.39 is 6.43 Å². The smallest absolute Gasteiger partial charge is 0.284 e. The number of anilines is 1. The number of nitrogens with two attached hydrogens (primary N) is 1. The second-order valence-corrected chi connectivity index (χ2v) is 4.11. The third kappa shape index (κ3) is 2.06. The highest BCUT2D eigenvalue weighted by molar-refractivity contribution is 9.10. The molecule has 0 unspecified atom stereocenters. The van der Waals surface area contributed by atoms with Gasteiger partial charge in [0.05, 0.1) is 17.6 Å². The molecule has 0 saturated carbocycles. The molecule has 84 valence electrons. The molecule has 1 heterocycles. The van der Waals surface area contributed by atoms with Crippen LogP contribution in [0.4, 0.5) is 14.5 Å². The van der Waals surface area contributed by atoms with Gasteiger partial charge in [0.25, 0.3) is 6.43 Å². The Bertz CT molecular complexity index is 493. The molecule has 6 heteroatoms. The van der Waals surface area contributed by atoms with Gasteiger partial charge in [0.15, 0.2) is 5.69 Å². The van der Waals surface area contributed by atoms with Crippen molar-refractivity contribution in [1.29, 1.82) is 0 Å². The fraction of sp³-hybridized carbons (Fsp3) is 0.100. The summed E-state index contributed by atoms with van der Waals surface area (Å²) in [5, 5.41) is 3.74. The predicted octanol–water partition coefficient (Wildman–Crippen LogP) is 3.15. The van der Waals surface area contributed by atoms with Gasteiger partial charge in [0.1, 0.15) is 0 Å². The summed E-state index contributed by atoms with van der Waals surface area (Å²) in [5.74, 6) is 0. The Balaban J connectivity index is 2.41. The van der Waals surface area contributed by atoms with Crippen LogP contribution >= 0.6 is 15.9 Å². The Kier molecular flexibility index (Phi) is 2.91. The van der Waals surface area contributed by atoms with E-state index in [9.17, 15) is 8.78 Å². The van der Waals surface area contributed by atoms with Crippen molar-refractivity contribution in [2.75, 3.05) is 5.73 Å². The van der Waals surface area contributed by atoms with E-state index in [-0.39, 0.29) is 11.4 Å². The first-order valence-corrected chi connectivity index (χ1v) is 5.26. The molecule has 16 heavy (non-hydrogen) atoms. The maximum absolute atomic E-state index is 12.5. The summed E-state index contributed by atoms with van der Waals surface area (Å²) < 4.78 is 27.2. The molecule has 0 atom stereocenters. The van der Waals surface area contributed by atoms with E-state index in [0.29, 0.717) is 5.69 Å². The van der Waals surface area contributed by atoms with Crippen molar-refractivity contribution in [2.24, 2.45) is 0 Å². The van der Waals surface area contributed by atoms with Crippen LogP contribution in [0.1, 0.15) is 12.1 Å². The van der Waals surface area contributed by atoms with Gasteiger partial charge in [-0.2, -0.15) is 5.10 Å². The average Bonchev–Trinajstić information content (AvgIpc) is 2.61. The lowest BCUT2D eigenvalue weighted by atomic mass is 10.3. The molecular weight excluding hydrogens is 280 g/mol. The summed E-state index contributed by atoms with van der Waals surface area (Å²) in [5.41, 5.74) is 5.73. The second kappa shape index (κ2) is 4.21. The number of halogens is 3. The largest absolute Gasteiger partial charge is 0.396 e. The van der Waals surface area contributed by atoms with Gasteiger partial charge in [-0.25, -0.2) is 13.5 Å². The van der Waals surface area contributed by atoms with Crippen molar-refractivity contribution in [2.45, 2.75) is 6.43 Å². The van der Waals surface area contributed by atoms with Crippen LogP contribution in [-0.2, 0) is 0 Å². The van der Waals surface area contributed by atoms with Gasteiger partial charge in [0, 0.05) is 4.47 Å². The Morgan fingerprint density at radius 3 is 2.38 bits per heavy atom. The molecule has 0 aliphatic carbocycles. The summed E-state index contributed by atoms with van der Waals surface area (Å²) in [6, 6.07) is 7.11. The molecule has 1 aromatic carbocycles. The molecule has 0 amide bonds. The van der Waals surface area contributed by atoms with Gasteiger partial charge in [-0.1, -0.05) is 15.9 Å². The van der Waals surface area contributed by atoms with Gasteiger partial charge in [-0.3, -0.25) is 0 Å². The third-order valence-electron chi connectivity index (χ3n) is 2.07. The first-order valence-electron chi connectivity index (χ1n) is 4.47. The Hall–Kier alpha value is -1.43. The lowest BCUT2D eigenvalue weighted by Crippen LogP contribution is -1.96. The zero-order valence-corrected chi connectivity index (χ0v) is 9.66. The van der Waals surface area contributed by atoms with E-state index in [2.05, 4.69) is 21.0 Å². The zero-order chi connectivity index (χ0) is 11.7. The lowest BCUT2D eigenvalue weighted by molar-refractivity contribution is 0.146. The summed E-state index contributed by atoms with van der Waals surface area (Å²) in [7, 11) is 0.